The number of nitrogen functional groups attached to an aromatic ring is 1. The second-order valence-corrected chi connectivity index (χ2v) is 5.57. The van der Waals surface area contributed by atoms with Crippen molar-refractivity contribution in [3.63, 3.8) is 0 Å². The lowest BCUT2D eigenvalue weighted by atomic mass is 10.1. The van der Waals surface area contributed by atoms with Crippen molar-refractivity contribution in [3.05, 3.63) is 47.0 Å². The molecule has 0 radical (unpaired) electrons. The van der Waals surface area contributed by atoms with Crippen LogP contribution in [0.4, 0.5) is 10.3 Å². The topological polar surface area (TPSA) is 68.7 Å². The number of ether oxygens (including phenoxy) is 1. The number of halogens is 1. The Morgan fingerprint density at radius 3 is 2.83 bits per heavy atom. The van der Waals surface area contributed by atoms with Gasteiger partial charge in [-0.3, -0.25) is 4.90 Å². The number of aryl methyl sites for hydroxylation is 1. The molecule has 1 aromatic heterocycles. The van der Waals surface area contributed by atoms with Crippen molar-refractivity contribution in [1.29, 1.82) is 0 Å². The number of hydrogen-bond acceptors (Lipinski definition) is 5. The van der Waals surface area contributed by atoms with E-state index in [9.17, 15) is 4.39 Å². The van der Waals surface area contributed by atoms with Gasteiger partial charge in [-0.2, -0.15) is 5.10 Å². The van der Waals surface area contributed by atoms with Gasteiger partial charge >= 0.3 is 0 Å². The van der Waals surface area contributed by atoms with Gasteiger partial charge < -0.3 is 10.5 Å². The Morgan fingerprint density at radius 1 is 1.39 bits per heavy atom. The van der Waals surface area contributed by atoms with Crippen molar-refractivity contribution >= 4 is 12.2 Å². The lowest BCUT2D eigenvalue weighted by Gasteiger charge is -2.26. The first-order valence-corrected chi connectivity index (χ1v) is 7.56. The number of benzene rings is 1. The third kappa shape index (κ3) is 3.94. The van der Waals surface area contributed by atoms with Crippen LogP contribution in [0.2, 0.25) is 0 Å². The van der Waals surface area contributed by atoms with E-state index in [0.717, 1.165) is 18.8 Å². The van der Waals surface area contributed by atoms with Crippen molar-refractivity contribution in [3.8, 4) is 0 Å². The number of nitrogens with zero attached hydrogens (tertiary/aromatic N) is 4. The SMILES string of the molecule is Cc1cn(N=Cc2ccc(CN3CCOCC3)c(F)c2)c(N)n1. The molecule has 122 valence electrons. The zero-order valence-electron chi connectivity index (χ0n) is 13.1. The summed E-state index contributed by atoms with van der Waals surface area (Å²) >= 11 is 0. The lowest BCUT2D eigenvalue weighted by Crippen LogP contribution is -2.35. The minimum absolute atomic E-state index is 0.227. The van der Waals surface area contributed by atoms with Crippen molar-refractivity contribution < 1.29 is 9.13 Å². The van der Waals surface area contributed by atoms with E-state index >= 15 is 0 Å². The van der Waals surface area contributed by atoms with E-state index in [0.29, 0.717) is 36.8 Å². The van der Waals surface area contributed by atoms with E-state index in [1.165, 1.54) is 10.7 Å². The molecule has 0 bridgehead atoms. The summed E-state index contributed by atoms with van der Waals surface area (Å²) in [4.78, 5) is 6.24. The Balaban J connectivity index is 1.70. The molecule has 7 heteroatoms. The van der Waals surface area contributed by atoms with Gasteiger partial charge in [0.15, 0.2) is 0 Å². The molecule has 23 heavy (non-hydrogen) atoms. The molecule has 2 aromatic rings. The second kappa shape index (κ2) is 6.89. The van der Waals surface area contributed by atoms with Crippen LogP contribution in [0.25, 0.3) is 0 Å². The summed E-state index contributed by atoms with van der Waals surface area (Å²) in [7, 11) is 0. The molecule has 2 heterocycles. The molecule has 1 fully saturated rings. The molecule has 3 rings (SSSR count). The third-order valence-corrected chi connectivity index (χ3v) is 3.74. The number of nitrogens with two attached hydrogens (primary N) is 1. The van der Waals surface area contributed by atoms with E-state index in [1.807, 2.05) is 13.0 Å². The number of hydrogen-bond donors (Lipinski definition) is 1. The minimum Gasteiger partial charge on any atom is -0.379 e. The normalized spacial score (nSPS) is 16.3. The molecule has 0 amide bonds. The van der Waals surface area contributed by atoms with Crippen LogP contribution in [0.5, 0.6) is 0 Å². The number of imidazole rings is 1. The molecule has 1 aromatic carbocycles. The first-order chi connectivity index (χ1) is 11.1. The van der Waals surface area contributed by atoms with Crippen LogP contribution in [-0.4, -0.2) is 47.1 Å². The highest BCUT2D eigenvalue weighted by Crippen LogP contribution is 2.13. The van der Waals surface area contributed by atoms with Gasteiger partial charge in [0.1, 0.15) is 5.82 Å². The van der Waals surface area contributed by atoms with Crippen LogP contribution in [-0.2, 0) is 11.3 Å². The van der Waals surface area contributed by atoms with Crippen LogP contribution in [0, 0.1) is 12.7 Å². The van der Waals surface area contributed by atoms with Gasteiger partial charge in [-0.15, -0.1) is 0 Å². The molecule has 1 saturated heterocycles. The van der Waals surface area contributed by atoms with E-state index in [-0.39, 0.29) is 5.82 Å². The van der Waals surface area contributed by atoms with Gasteiger partial charge in [-0.1, -0.05) is 12.1 Å². The standard InChI is InChI=1S/C16H20FN5O/c1-12-10-22(16(18)20-12)19-9-13-2-3-14(15(17)8-13)11-21-4-6-23-7-5-21/h2-3,8-10H,4-7,11H2,1H3,(H2,18,20). The first-order valence-electron chi connectivity index (χ1n) is 7.56. The van der Waals surface area contributed by atoms with Crippen LogP contribution in [0.3, 0.4) is 0 Å². The predicted molar refractivity (Wildman–Crippen MR) is 86.9 cm³/mol. The fraction of sp³-hybridized carbons (Fsp3) is 0.375. The average molecular weight is 317 g/mol. The summed E-state index contributed by atoms with van der Waals surface area (Å²) < 4.78 is 21.0. The first kappa shape index (κ1) is 15.6. The fourth-order valence-electron chi connectivity index (χ4n) is 2.50. The van der Waals surface area contributed by atoms with Gasteiger partial charge in [0.2, 0.25) is 5.95 Å². The maximum atomic E-state index is 14.3. The largest absolute Gasteiger partial charge is 0.379 e. The van der Waals surface area contributed by atoms with Gasteiger partial charge in [0, 0.05) is 25.2 Å². The maximum Gasteiger partial charge on any atom is 0.221 e. The van der Waals surface area contributed by atoms with Crippen molar-refractivity contribution in [2.75, 3.05) is 32.0 Å². The quantitative estimate of drug-likeness (QED) is 0.870. The molecule has 1 aliphatic rings. The van der Waals surface area contributed by atoms with E-state index in [2.05, 4.69) is 15.0 Å². The number of rotatable bonds is 4. The Labute approximate surface area is 134 Å². The molecule has 2 N–H and O–H groups in total. The highest BCUT2D eigenvalue weighted by molar-refractivity contribution is 5.79. The van der Waals surface area contributed by atoms with Crippen molar-refractivity contribution in [2.24, 2.45) is 5.10 Å². The number of morpholine rings is 1. The zero-order valence-corrected chi connectivity index (χ0v) is 13.1. The van der Waals surface area contributed by atoms with Crippen LogP contribution >= 0.6 is 0 Å². The third-order valence-electron chi connectivity index (χ3n) is 3.74. The molecule has 1 aliphatic heterocycles. The van der Waals surface area contributed by atoms with Crippen LogP contribution in [0.1, 0.15) is 16.8 Å². The highest BCUT2D eigenvalue weighted by Gasteiger charge is 2.13. The van der Waals surface area contributed by atoms with E-state index < -0.39 is 0 Å². The lowest BCUT2D eigenvalue weighted by molar-refractivity contribution is 0.0337. The number of aromatic nitrogens is 2. The molecule has 0 saturated carbocycles. The average Bonchev–Trinajstić information content (AvgIpc) is 2.86. The highest BCUT2D eigenvalue weighted by atomic mass is 19.1. The van der Waals surface area contributed by atoms with Gasteiger partial charge in [0.05, 0.1) is 31.3 Å². The van der Waals surface area contributed by atoms with Gasteiger partial charge in [0.25, 0.3) is 0 Å². The van der Waals surface area contributed by atoms with Gasteiger partial charge in [-0.25, -0.2) is 14.1 Å². The number of anilines is 1. The van der Waals surface area contributed by atoms with Crippen LogP contribution < -0.4 is 5.73 Å². The molecule has 0 aliphatic carbocycles. The van der Waals surface area contributed by atoms with Crippen molar-refractivity contribution in [1.82, 2.24) is 14.6 Å². The Kier molecular flexibility index (Phi) is 4.68. The van der Waals surface area contributed by atoms with E-state index in [1.54, 1.807) is 18.5 Å². The fourth-order valence-corrected chi connectivity index (χ4v) is 2.50. The summed E-state index contributed by atoms with van der Waals surface area (Å²) in [6.45, 7) is 5.52. The van der Waals surface area contributed by atoms with Crippen molar-refractivity contribution in [2.45, 2.75) is 13.5 Å². The summed E-state index contributed by atoms with van der Waals surface area (Å²) in [5, 5.41) is 4.19. The molecular weight excluding hydrogens is 297 g/mol. The molecule has 0 spiro atoms. The molecule has 0 atom stereocenters. The Morgan fingerprint density at radius 2 is 2.17 bits per heavy atom. The zero-order chi connectivity index (χ0) is 16.2. The van der Waals surface area contributed by atoms with Crippen LogP contribution in [0.15, 0.2) is 29.5 Å². The monoisotopic (exact) mass is 317 g/mol. The molecular formula is C16H20FN5O. The molecule has 6 nitrogen and oxygen atoms in total. The minimum atomic E-state index is -0.227. The molecule has 0 unspecified atom stereocenters. The maximum absolute atomic E-state index is 14.3. The summed E-state index contributed by atoms with van der Waals surface area (Å²) in [6.07, 6.45) is 3.29. The Bertz CT molecular complexity index is 706. The summed E-state index contributed by atoms with van der Waals surface area (Å²) in [6, 6.07) is 5.14. The van der Waals surface area contributed by atoms with Gasteiger partial charge in [-0.05, 0) is 18.6 Å². The summed E-state index contributed by atoms with van der Waals surface area (Å²) in [5.41, 5.74) is 7.86. The summed E-state index contributed by atoms with van der Waals surface area (Å²) in [5.74, 6) is 0.0818. The smallest absolute Gasteiger partial charge is 0.221 e. The predicted octanol–water partition coefficient (Wildman–Crippen LogP) is 1.63. The second-order valence-electron chi connectivity index (χ2n) is 5.57. The Hall–Kier alpha value is -2.25. The van der Waals surface area contributed by atoms with E-state index in [4.69, 9.17) is 10.5 Å².